The number of nitrogens with one attached hydrogen (secondary N) is 1. The Kier molecular flexibility index (Phi) is 6.08. The van der Waals surface area contributed by atoms with Gasteiger partial charge in [-0.2, -0.15) is 18.3 Å². The van der Waals surface area contributed by atoms with Crippen molar-refractivity contribution in [2.75, 3.05) is 24.3 Å². The summed E-state index contributed by atoms with van der Waals surface area (Å²) < 4.78 is 41.9. The van der Waals surface area contributed by atoms with Crippen LogP contribution in [0.15, 0.2) is 53.3 Å². The minimum Gasteiger partial charge on any atom is -0.378 e. The van der Waals surface area contributed by atoms with Gasteiger partial charge in [-0.3, -0.25) is 9.59 Å². The number of carbonyl (C=O) groups excluding carboxylic acids is 1. The van der Waals surface area contributed by atoms with Gasteiger partial charge in [-0.1, -0.05) is 11.6 Å². The highest BCUT2D eigenvalue weighted by molar-refractivity contribution is 6.30. The molecule has 162 valence electrons. The molecule has 6 nitrogen and oxygen atoms in total. The maximum absolute atomic E-state index is 13.5. The molecule has 0 unspecified atom stereocenters. The monoisotopic (exact) mass is 450 g/mol. The van der Waals surface area contributed by atoms with E-state index < -0.39 is 34.5 Å². The standard InChI is InChI=1S/C21H18ClF3N4O2/c1-12-10-18(30)19(27-29(12)14-6-4-13(22)5-7-14)20(31)26-17-9-8-15(28(2)3)11-16(17)21(23,24)25/h4-11H,1-3H3,(H,26,31). The second-order valence-corrected chi connectivity index (χ2v) is 7.40. The minimum atomic E-state index is -4.71. The molecule has 3 rings (SSSR count). The van der Waals surface area contributed by atoms with Crippen LogP contribution in [0.4, 0.5) is 24.5 Å². The number of carbonyl (C=O) groups is 1. The zero-order chi connectivity index (χ0) is 22.9. The number of alkyl halides is 3. The minimum absolute atomic E-state index is 0.309. The van der Waals surface area contributed by atoms with Crippen molar-refractivity contribution in [2.45, 2.75) is 13.1 Å². The number of aromatic nitrogens is 2. The molecule has 0 fully saturated rings. The summed E-state index contributed by atoms with van der Waals surface area (Å²) in [5.74, 6) is -1.05. The fourth-order valence-corrected chi connectivity index (χ4v) is 3.01. The first-order chi connectivity index (χ1) is 14.5. The lowest BCUT2D eigenvalue weighted by Gasteiger charge is -2.18. The van der Waals surface area contributed by atoms with Gasteiger partial charge in [0.2, 0.25) is 5.43 Å². The largest absolute Gasteiger partial charge is 0.418 e. The van der Waals surface area contributed by atoms with Gasteiger partial charge < -0.3 is 10.2 Å². The Morgan fingerprint density at radius 1 is 1.10 bits per heavy atom. The van der Waals surface area contributed by atoms with Gasteiger partial charge >= 0.3 is 6.18 Å². The van der Waals surface area contributed by atoms with Crippen LogP contribution >= 0.6 is 11.6 Å². The van der Waals surface area contributed by atoms with Crippen LogP contribution in [-0.4, -0.2) is 29.8 Å². The van der Waals surface area contributed by atoms with Crippen LogP contribution in [0.1, 0.15) is 21.7 Å². The summed E-state index contributed by atoms with van der Waals surface area (Å²) in [6.07, 6.45) is -4.71. The molecule has 0 saturated carbocycles. The van der Waals surface area contributed by atoms with Crippen molar-refractivity contribution < 1.29 is 18.0 Å². The number of hydrogen-bond donors (Lipinski definition) is 1. The molecule has 0 aliphatic heterocycles. The quantitative estimate of drug-likeness (QED) is 0.634. The third-order valence-corrected chi connectivity index (χ3v) is 4.72. The molecular formula is C21H18ClF3N4O2. The summed E-state index contributed by atoms with van der Waals surface area (Å²) in [6.45, 7) is 1.62. The van der Waals surface area contributed by atoms with E-state index in [1.165, 1.54) is 21.7 Å². The van der Waals surface area contributed by atoms with E-state index in [0.717, 1.165) is 12.1 Å². The van der Waals surface area contributed by atoms with Crippen LogP contribution in [0.3, 0.4) is 0 Å². The molecule has 31 heavy (non-hydrogen) atoms. The number of hydrogen-bond acceptors (Lipinski definition) is 4. The fraction of sp³-hybridized carbons (Fsp3) is 0.190. The third-order valence-electron chi connectivity index (χ3n) is 4.47. The maximum atomic E-state index is 13.5. The topological polar surface area (TPSA) is 67.2 Å². The molecule has 0 aliphatic rings. The van der Waals surface area contributed by atoms with Gasteiger partial charge in [-0.15, -0.1) is 0 Å². The summed E-state index contributed by atoms with van der Waals surface area (Å²) >= 11 is 5.88. The van der Waals surface area contributed by atoms with Crippen molar-refractivity contribution in [3.8, 4) is 5.69 Å². The van der Waals surface area contributed by atoms with E-state index in [0.29, 0.717) is 22.1 Å². The molecule has 0 aliphatic carbocycles. The molecule has 0 saturated heterocycles. The van der Waals surface area contributed by atoms with E-state index in [1.54, 1.807) is 45.3 Å². The lowest BCUT2D eigenvalue weighted by Crippen LogP contribution is -2.27. The number of amides is 1. The van der Waals surface area contributed by atoms with Crippen LogP contribution in [0, 0.1) is 6.92 Å². The Morgan fingerprint density at radius 3 is 2.32 bits per heavy atom. The third kappa shape index (κ3) is 4.88. The van der Waals surface area contributed by atoms with Gasteiger partial charge in [0, 0.05) is 36.6 Å². The average Bonchev–Trinajstić information content (AvgIpc) is 2.68. The van der Waals surface area contributed by atoms with E-state index in [4.69, 9.17) is 11.6 Å². The number of benzene rings is 2. The second-order valence-electron chi connectivity index (χ2n) is 6.96. The molecule has 3 aromatic rings. The maximum Gasteiger partial charge on any atom is 0.418 e. The Bertz CT molecular complexity index is 1190. The molecular weight excluding hydrogens is 433 g/mol. The fourth-order valence-electron chi connectivity index (χ4n) is 2.88. The highest BCUT2D eigenvalue weighted by atomic mass is 35.5. The molecule has 1 aromatic heterocycles. The van der Waals surface area contributed by atoms with E-state index in [1.807, 2.05) is 0 Å². The van der Waals surface area contributed by atoms with Gasteiger partial charge in [0.05, 0.1) is 16.9 Å². The molecule has 0 atom stereocenters. The van der Waals surface area contributed by atoms with Crippen molar-refractivity contribution in [1.29, 1.82) is 0 Å². The first kappa shape index (κ1) is 22.4. The van der Waals surface area contributed by atoms with Gasteiger partial charge in [0.15, 0.2) is 5.69 Å². The summed E-state index contributed by atoms with van der Waals surface area (Å²) in [7, 11) is 3.20. The van der Waals surface area contributed by atoms with E-state index in [9.17, 15) is 22.8 Å². The predicted molar refractivity (Wildman–Crippen MR) is 113 cm³/mol. The molecule has 10 heteroatoms. The van der Waals surface area contributed by atoms with Gasteiger partial charge in [-0.25, -0.2) is 4.68 Å². The van der Waals surface area contributed by atoms with E-state index in [2.05, 4.69) is 10.4 Å². The molecule has 2 aromatic carbocycles. The molecule has 1 amide bonds. The highest BCUT2D eigenvalue weighted by Gasteiger charge is 2.35. The summed E-state index contributed by atoms with van der Waals surface area (Å²) in [4.78, 5) is 26.6. The van der Waals surface area contributed by atoms with Gasteiger partial charge in [-0.05, 0) is 49.4 Å². The number of aryl methyl sites for hydroxylation is 1. The number of halogens is 4. The van der Waals surface area contributed by atoms with Crippen molar-refractivity contribution in [3.05, 3.63) is 80.7 Å². The SMILES string of the molecule is Cc1cc(=O)c(C(=O)Nc2ccc(N(C)C)cc2C(F)(F)F)nn1-c1ccc(Cl)cc1. The molecule has 0 bridgehead atoms. The lowest BCUT2D eigenvalue weighted by atomic mass is 10.1. The summed E-state index contributed by atoms with van der Waals surface area (Å²) in [6, 6.07) is 11.2. The Labute approximate surface area is 180 Å². The smallest absolute Gasteiger partial charge is 0.378 e. The Hall–Kier alpha value is -3.33. The van der Waals surface area contributed by atoms with Crippen molar-refractivity contribution in [3.63, 3.8) is 0 Å². The van der Waals surface area contributed by atoms with Gasteiger partial charge in [0.1, 0.15) is 0 Å². The Balaban J connectivity index is 2.02. The average molecular weight is 451 g/mol. The number of rotatable bonds is 4. The van der Waals surface area contributed by atoms with Crippen LogP contribution in [0.5, 0.6) is 0 Å². The first-order valence-corrected chi connectivity index (χ1v) is 9.42. The van der Waals surface area contributed by atoms with E-state index in [-0.39, 0.29) is 0 Å². The molecule has 0 radical (unpaired) electrons. The molecule has 0 spiro atoms. The molecule has 1 heterocycles. The van der Waals surface area contributed by atoms with Crippen LogP contribution in [-0.2, 0) is 6.18 Å². The first-order valence-electron chi connectivity index (χ1n) is 9.04. The predicted octanol–water partition coefficient (Wildman–Crippen LogP) is 4.53. The zero-order valence-corrected chi connectivity index (χ0v) is 17.5. The lowest BCUT2D eigenvalue weighted by molar-refractivity contribution is -0.136. The van der Waals surface area contributed by atoms with Crippen molar-refractivity contribution in [2.24, 2.45) is 0 Å². The van der Waals surface area contributed by atoms with Gasteiger partial charge in [0.25, 0.3) is 5.91 Å². The van der Waals surface area contributed by atoms with E-state index >= 15 is 0 Å². The van der Waals surface area contributed by atoms with Crippen LogP contribution in [0.2, 0.25) is 5.02 Å². The normalized spacial score (nSPS) is 11.3. The van der Waals surface area contributed by atoms with Crippen LogP contribution in [0.25, 0.3) is 5.69 Å². The Morgan fingerprint density at radius 2 is 1.74 bits per heavy atom. The zero-order valence-electron chi connectivity index (χ0n) is 16.8. The summed E-state index contributed by atoms with van der Waals surface area (Å²) in [5, 5.41) is 6.73. The number of anilines is 2. The molecule has 1 N–H and O–H groups in total. The van der Waals surface area contributed by atoms with Crippen molar-refractivity contribution in [1.82, 2.24) is 9.78 Å². The highest BCUT2D eigenvalue weighted by Crippen LogP contribution is 2.37. The summed E-state index contributed by atoms with van der Waals surface area (Å²) in [5.41, 5.74) is -1.47. The van der Waals surface area contributed by atoms with Crippen molar-refractivity contribution >= 4 is 28.9 Å². The van der Waals surface area contributed by atoms with Crippen LogP contribution < -0.4 is 15.6 Å². The number of nitrogens with zero attached hydrogens (tertiary/aromatic N) is 3. The second kappa shape index (κ2) is 8.43.